The summed E-state index contributed by atoms with van der Waals surface area (Å²) in [6, 6.07) is 6.31. The standard InChI is InChI=1S/C24H30N6O2/c1-25-23(32)20-15-30(18-10-9-16-7-5-8-17(16)13-18)22-19(21(20)31)14-26-24(27-22)29(4)12-6-11-28(2)3/h9-10,13-15H,5-8,11-12H2,1-4H3,(H,25,32). The van der Waals surface area contributed by atoms with E-state index >= 15 is 0 Å². The molecule has 2 aromatic heterocycles. The average molecular weight is 435 g/mol. The second-order valence-electron chi connectivity index (χ2n) is 8.61. The van der Waals surface area contributed by atoms with Gasteiger partial charge in [0.2, 0.25) is 11.4 Å². The van der Waals surface area contributed by atoms with E-state index in [0.717, 1.165) is 44.5 Å². The highest BCUT2D eigenvalue weighted by Gasteiger charge is 2.19. The molecule has 3 aromatic rings. The Morgan fingerprint density at radius 3 is 2.69 bits per heavy atom. The van der Waals surface area contributed by atoms with Crippen molar-refractivity contribution in [2.45, 2.75) is 25.7 Å². The van der Waals surface area contributed by atoms with Gasteiger partial charge in [0.1, 0.15) is 5.56 Å². The monoisotopic (exact) mass is 434 g/mol. The van der Waals surface area contributed by atoms with Crippen molar-refractivity contribution in [2.75, 3.05) is 46.2 Å². The first-order valence-electron chi connectivity index (χ1n) is 11.0. The fraction of sp³-hybridized carbons (Fsp3) is 0.417. The summed E-state index contributed by atoms with van der Waals surface area (Å²) in [6.07, 6.45) is 7.39. The highest BCUT2D eigenvalue weighted by molar-refractivity contribution is 5.97. The van der Waals surface area contributed by atoms with Crippen molar-refractivity contribution in [2.24, 2.45) is 0 Å². The molecule has 0 aliphatic heterocycles. The van der Waals surface area contributed by atoms with Crippen LogP contribution in [0.15, 0.2) is 35.4 Å². The van der Waals surface area contributed by atoms with Crippen LogP contribution in [0.1, 0.15) is 34.3 Å². The molecule has 1 amide bonds. The van der Waals surface area contributed by atoms with E-state index in [2.05, 4.69) is 27.3 Å². The van der Waals surface area contributed by atoms with E-state index in [0.29, 0.717) is 17.0 Å². The van der Waals surface area contributed by atoms with Gasteiger partial charge in [-0.2, -0.15) is 4.98 Å². The fourth-order valence-electron chi connectivity index (χ4n) is 4.21. The molecule has 0 saturated heterocycles. The summed E-state index contributed by atoms with van der Waals surface area (Å²) in [5.74, 6) is 0.134. The summed E-state index contributed by atoms with van der Waals surface area (Å²) in [7, 11) is 7.57. The lowest BCUT2D eigenvalue weighted by Gasteiger charge is -2.20. The van der Waals surface area contributed by atoms with Gasteiger partial charge < -0.3 is 19.7 Å². The number of amides is 1. The normalized spacial score (nSPS) is 12.9. The van der Waals surface area contributed by atoms with Gasteiger partial charge in [-0.05, 0) is 69.6 Å². The Hall–Kier alpha value is -3.26. The molecule has 0 saturated carbocycles. The zero-order chi connectivity index (χ0) is 22.8. The lowest BCUT2D eigenvalue weighted by atomic mass is 10.1. The lowest BCUT2D eigenvalue weighted by Crippen LogP contribution is -2.28. The van der Waals surface area contributed by atoms with E-state index in [4.69, 9.17) is 4.98 Å². The zero-order valence-corrected chi connectivity index (χ0v) is 19.2. The second-order valence-corrected chi connectivity index (χ2v) is 8.61. The summed E-state index contributed by atoms with van der Waals surface area (Å²) in [5, 5.41) is 2.89. The van der Waals surface area contributed by atoms with Crippen molar-refractivity contribution in [1.29, 1.82) is 0 Å². The summed E-state index contributed by atoms with van der Waals surface area (Å²) in [5.41, 5.74) is 3.79. The molecule has 8 heteroatoms. The van der Waals surface area contributed by atoms with Crippen LogP contribution in [0.25, 0.3) is 16.7 Å². The summed E-state index contributed by atoms with van der Waals surface area (Å²) >= 11 is 0. The van der Waals surface area contributed by atoms with Crippen molar-refractivity contribution in [3.05, 3.63) is 57.5 Å². The van der Waals surface area contributed by atoms with Crippen LogP contribution in [0.2, 0.25) is 0 Å². The molecular weight excluding hydrogens is 404 g/mol. The molecule has 0 atom stereocenters. The Balaban J connectivity index is 1.84. The minimum Gasteiger partial charge on any atom is -0.355 e. The quantitative estimate of drug-likeness (QED) is 0.613. The number of rotatable bonds is 7. The smallest absolute Gasteiger partial charge is 0.256 e. The number of pyridine rings is 1. The first-order valence-corrected chi connectivity index (χ1v) is 11.0. The van der Waals surface area contributed by atoms with E-state index in [-0.39, 0.29) is 11.0 Å². The first kappa shape index (κ1) is 22.0. The van der Waals surface area contributed by atoms with E-state index in [1.54, 1.807) is 12.4 Å². The Morgan fingerprint density at radius 1 is 1.16 bits per heavy atom. The maximum atomic E-state index is 13.1. The van der Waals surface area contributed by atoms with Gasteiger partial charge in [-0.15, -0.1) is 0 Å². The van der Waals surface area contributed by atoms with Gasteiger partial charge in [0.05, 0.1) is 5.39 Å². The van der Waals surface area contributed by atoms with Crippen molar-refractivity contribution >= 4 is 22.9 Å². The Kier molecular flexibility index (Phi) is 6.23. The van der Waals surface area contributed by atoms with Crippen LogP contribution < -0.4 is 15.6 Å². The van der Waals surface area contributed by atoms with E-state index in [1.807, 2.05) is 36.7 Å². The number of nitrogens with zero attached hydrogens (tertiary/aromatic N) is 5. The predicted molar refractivity (Wildman–Crippen MR) is 127 cm³/mol. The summed E-state index contributed by atoms with van der Waals surface area (Å²) < 4.78 is 1.85. The number of nitrogens with one attached hydrogen (secondary N) is 1. The highest BCUT2D eigenvalue weighted by atomic mass is 16.2. The van der Waals surface area contributed by atoms with Crippen molar-refractivity contribution in [1.82, 2.24) is 24.8 Å². The molecule has 1 aliphatic rings. The van der Waals surface area contributed by atoms with Crippen LogP contribution in [0.4, 0.5) is 5.95 Å². The molecule has 0 unspecified atom stereocenters. The molecule has 0 radical (unpaired) electrons. The third kappa shape index (κ3) is 4.23. The molecular formula is C24H30N6O2. The molecule has 1 aromatic carbocycles. The number of benzene rings is 1. The predicted octanol–water partition coefficient (Wildman–Crippen LogP) is 2.02. The minimum atomic E-state index is -0.420. The fourth-order valence-corrected chi connectivity index (χ4v) is 4.21. The maximum absolute atomic E-state index is 13.1. The van der Waals surface area contributed by atoms with Crippen LogP contribution in [0, 0.1) is 0 Å². The van der Waals surface area contributed by atoms with Gasteiger partial charge in [-0.1, -0.05) is 6.07 Å². The van der Waals surface area contributed by atoms with E-state index in [1.165, 1.54) is 18.2 Å². The number of anilines is 1. The topological polar surface area (TPSA) is 83.4 Å². The SMILES string of the molecule is CNC(=O)c1cn(-c2ccc3c(c2)CCC3)c2nc(N(C)CCCN(C)C)ncc2c1=O. The maximum Gasteiger partial charge on any atom is 0.256 e. The third-order valence-corrected chi connectivity index (χ3v) is 6.00. The molecule has 0 bridgehead atoms. The summed E-state index contributed by atoms with van der Waals surface area (Å²) in [6.45, 7) is 1.76. The molecule has 2 heterocycles. The number of fused-ring (bicyclic) bond motifs is 2. The largest absolute Gasteiger partial charge is 0.355 e. The van der Waals surface area contributed by atoms with Gasteiger partial charge in [-0.3, -0.25) is 9.59 Å². The van der Waals surface area contributed by atoms with Crippen LogP contribution in [-0.2, 0) is 12.8 Å². The number of hydrogen-bond acceptors (Lipinski definition) is 6. The Morgan fingerprint density at radius 2 is 1.94 bits per heavy atom. The van der Waals surface area contributed by atoms with Crippen molar-refractivity contribution in [3.8, 4) is 5.69 Å². The Bertz CT molecular complexity index is 1220. The molecule has 8 nitrogen and oxygen atoms in total. The molecule has 1 N–H and O–H groups in total. The minimum absolute atomic E-state index is 0.0798. The van der Waals surface area contributed by atoms with E-state index < -0.39 is 5.91 Å². The molecule has 32 heavy (non-hydrogen) atoms. The molecule has 0 spiro atoms. The van der Waals surface area contributed by atoms with E-state index in [9.17, 15) is 9.59 Å². The van der Waals surface area contributed by atoms with Gasteiger partial charge in [0.25, 0.3) is 5.91 Å². The van der Waals surface area contributed by atoms with Crippen LogP contribution in [-0.4, -0.2) is 66.6 Å². The highest BCUT2D eigenvalue weighted by Crippen LogP contribution is 2.26. The number of carbonyl (C=O) groups excluding carboxylic acids is 1. The summed E-state index contributed by atoms with van der Waals surface area (Å²) in [4.78, 5) is 38.8. The van der Waals surface area contributed by atoms with Crippen LogP contribution in [0.3, 0.4) is 0 Å². The third-order valence-electron chi connectivity index (χ3n) is 6.00. The van der Waals surface area contributed by atoms with Gasteiger partial charge >= 0.3 is 0 Å². The molecule has 0 fully saturated rings. The second kappa shape index (κ2) is 9.08. The van der Waals surface area contributed by atoms with Gasteiger partial charge in [0.15, 0.2) is 5.65 Å². The number of aryl methyl sites for hydroxylation is 2. The number of hydrogen-bond donors (Lipinski definition) is 1. The number of aromatic nitrogens is 3. The van der Waals surface area contributed by atoms with Gasteiger partial charge in [0, 0.05) is 38.7 Å². The zero-order valence-electron chi connectivity index (χ0n) is 19.2. The van der Waals surface area contributed by atoms with Crippen LogP contribution >= 0.6 is 0 Å². The van der Waals surface area contributed by atoms with Crippen molar-refractivity contribution < 1.29 is 4.79 Å². The molecule has 168 valence electrons. The van der Waals surface area contributed by atoms with Gasteiger partial charge in [-0.25, -0.2) is 4.98 Å². The van der Waals surface area contributed by atoms with Crippen LogP contribution in [0.5, 0.6) is 0 Å². The molecule has 4 rings (SSSR count). The molecule has 1 aliphatic carbocycles. The van der Waals surface area contributed by atoms with Crippen molar-refractivity contribution in [3.63, 3.8) is 0 Å². The Labute approximate surface area is 187 Å². The average Bonchev–Trinajstić information content (AvgIpc) is 3.26. The lowest BCUT2D eigenvalue weighted by molar-refractivity contribution is 0.0961. The first-order chi connectivity index (χ1) is 15.4. The number of carbonyl (C=O) groups is 1.